The molecule has 0 saturated carbocycles. The summed E-state index contributed by atoms with van der Waals surface area (Å²) >= 11 is 0. The highest BCUT2D eigenvalue weighted by molar-refractivity contribution is 6.00. The van der Waals surface area contributed by atoms with Gasteiger partial charge in [-0.2, -0.15) is 0 Å². The molecule has 1 aliphatic rings. The second kappa shape index (κ2) is 6.58. The molecule has 0 aliphatic carbocycles. The Morgan fingerprint density at radius 2 is 1.81 bits per heavy atom. The predicted molar refractivity (Wildman–Crippen MR) is 80.2 cm³/mol. The van der Waals surface area contributed by atoms with E-state index in [1.807, 2.05) is 0 Å². The Morgan fingerprint density at radius 3 is 2.43 bits per heavy atom. The van der Waals surface area contributed by atoms with Gasteiger partial charge in [0.1, 0.15) is 0 Å². The molecule has 1 aromatic rings. The molecule has 2 rings (SSSR count). The van der Waals surface area contributed by atoms with E-state index in [0.29, 0.717) is 30.0 Å². The van der Waals surface area contributed by atoms with Crippen LogP contribution in [0.3, 0.4) is 0 Å². The molecule has 114 valence electrons. The largest absolute Gasteiger partial charge is 0.399 e. The summed E-state index contributed by atoms with van der Waals surface area (Å²) in [5, 5.41) is 2.96. The third kappa shape index (κ3) is 3.95. The first-order valence-electron chi connectivity index (χ1n) is 6.98. The van der Waals surface area contributed by atoms with E-state index < -0.39 is 0 Å². The molecular weight excluding hydrogens is 270 g/mol. The lowest BCUT2D eigenvalue weighted by atomic mass is 10.1. The summed E-state index contributed by atoms with van der Waals surface area (Å²) < 4.78 is 5.26. The Morgan fingerprint density at radius 1 is 1.19 bits per heavy atom. The van der Waals surface area contributed by atoms with E-state index in [4.69, 9.17) is 10.5 Å². The number of nitrogens with one attached hydrogen (secondary N) is 1. The van der Waals surface area contributed by atoms with Gasteiger partial charge in [-0.15, -0.1) is 0 Å². The van der Waals surface area contributed by atoms with Crippen LogP contribution >= 0.6 is 0 Å². The zero-order valence-corrected chi connectivity index (χ0v) is 12.4. The van der Waals surface area contributed by atoms with E-state index in [1.165, 1.54) is 4.90 Å². The summed E-state index contributed by atoms with van der Waals surface area (Å²) in [5.74, 6) is -0.385. The zero-order valence-electron chi connectivity index (χ0n) is 12.4. The second-order valence-corrected chi connectivity index (χ2v) is 5.40. The molecule has 1 fully saturated rings. The van der Waals surface area contributed by atoms with Crippen LogP contribution < -0.4 is 11.1 Å². The summed E-state index contributed by atoms with van der Waals surface area (Å²) in [5.41, 5.74) is 7.02. The van der Waals surface area contributed by atoms with Crippen molar-refractivity contribution in [2.75, 3.05) is 33.0 Å². The van der Waals surface area contributed by atoms with Gasteiger partial charge in [-0.05, 0) is 31.0 Å². The van der Waals surface area contributed by atoms with Crippen molar-refractivity contribution in [2.24, 2.45) is 0 Å². The highest BCUT2D eigenvalue weighted by Gasteiger charge is 2.18. The number of carbonyl (C=O) groups excluding carboxylic acids is 2. The maximum absolute atomic E-state index is 12.3. The molecule has 2 amide bonds. The number of nitrogens with two attached hydrogens (primary N) is 1. The summed E-state index contributed by atoms with van der Waals surface area (Å²) in [6, 6.07) is 4.85. The van der Waals surface area contributed by atoms with E-state index >= 15 is 0 Å². The molecule has 3 N–H and O–H groups in total. The van der Waals surface area contributed by atoms with E-state index in [0.717, 1.165) is 12.8 Å². The van der Waals surface area contributed by atoms with Gasteiger partial charge in [0.15, 0.2) is 0 Å². The standard InChI is InChI=1S/C15H21N3O3/c1-18(2)15(20)11-7-10(8-12(16)9-11)14(19)17-13-3-5-21-6-4-13/h7-9,13H,3-6,16H2,1-2H3,(H,17,19). The molecule has 21 heavy (non-hydrogen) atoms. The average Bonchev–Trinajstić information content (AvgIpc) is 2.46. The molecule has 0 spiro atoms. The van der Waals surface area contributed by atoms with Crippen molar-refractivity contribution in [3.05, 3.63) is 29.3 Å². The van der Waals surface area contributed by atoms with Gasteiger partial charge >= 0.3 is 0 Å². The first-order chi connectivity index (χ1) is 9.97. The maximum atomic E-state index is 12.3. The van der Waals surface area contributed by atoms with Crippen molar-refractivity contribution in [3.63, 3.8) is 0 Å². The lowest BCUT2D eigenvalue weighted by Gasteiger charge is -2.23. The number of benzene rings is 1. The number of hydrogen-bond acceptors (Lipinski definition) is 4. The number of carbonyl (C=O) groups is 2. The number of amides is 2. The molecule has 0 radical (unpaired) electrons. The van der Waals surface area contributed by atoms with E-state index in [9.17, 15) is 9.59 Å². The molecule has 0 bridgehead atoms. The minimum Gasteiger partial charge on any atom is -0.399 e. The zero-order chi connectivity index (χ0) is 15.4. The van der Waals surface area contributed by atoms with Gasteiger partial charge < -0.3 is 20.7 Å². The van der Waals surface area contributed by atoms with Crippen molar-refractivity contribution in [1.29, 1.82) is 0 Å². The quantitative estimate of drug-likeness (QED) is 0.810. The topological polar surface area (TPSA) is 84.7 Å². The van der Waals surface area contributed by atoms with Gasteiger partial charge in [0, 0.05) is 50.2 Å². The third-order valence-electron chi connectivity index (χ3n) is 3.43. The second-order valence-electron chi connectivity index (χ2n) is 5.40. The highest BCUT2D eigenvalue weighted by Crippen LogP contribution is 2.15. The van der Waals surface area contributed by atoms with Gasteiger partial charge in [-0.3, -0.25) is 9.59 Å². The van der Waals surface area contributed by atoms with Crippen molar-refractivity contribution in [3.8, 4) is 0 Å². The van der Waals surface area contributed by atoms with Gasteiger partial charge in [0.25, 0.3) is 11.8 Å². The van der Waals surface area contributed by atoms with Crippen LogP contribution in [0.25, 0.3) is 0 Å². The van der Waals surface area contributed by atoms with E-state index in [-0.39, 0.29) is 17.9 Å². The molecule has 1 aliphatic heterocycles. The van der Waals surface area contributed by atoms with E-state index in [2.05, 4.69) is 5.32 Å². The minimum absolute atomic E-state index is 0.112. The molecule has 0 aromatic heterocycles. The number of nitrogen functional groups attached to an aromatic ring is 1. The fraction of sp³-hybridized carbons (Fsp3) is 0.467. The highest BCUT2D eigenvalue weighted by atomic mass is 16.5. The Bertz CT molecular complexity index is 537. The molecule has 1 saturated heterocycles. The monoisotopic (exact) mass is 291 g/mol. The predicted octanol–water partition coefficient (Wildman–Crippen LogP) is 0.879. The summed E-state index contributed by atoms with van der Waals surface area (Å²) in [6.07, 6.45) is 1.61. The molecule has 1 aromatic carbocycles. The normalized spacial score (nSPS) is 15.5. The first-order valence-corrected chi connectivity index (χ1v) is 6.98. The van der Waals surface area contributed by atoms with Crippen LogP contribution in [0.5, 0.6) is 0 Å². The van der Waals surface area contributed by atoms with Crippen LogP contribution in [0.1, 0.15) is 33.6 Å². The lowest BCUT2D eigenvalue weighted by molar-refractivity contribution is 0.0696. The third-order valence-corrected chi connectivity index (χ3v) is 3.43. The van der Waals surface area contributed by atoms with Crippen molar-refractivity contribution in [1.82, 2.24) is 10.2 Å². The molecule has 0 unspecified atom stereocenters. The van der Waals surface area contributed by atoms with Crippen LogP contribution in [0.15, 0.2) is 18.2 Å². The molecule has 6 nitrogen and oxygen atoms in total. The molecular formula is C15H21N3O3. The van der Waals surface area contributed by atoms with Crippen molar-refractivity contribution in [2.45, 2.75) is 18.9 Å². The Balaban J connectivity index is 2.14. The van der Waals surface area contributed by atoms with Gasteiger partial charge in [0.2, 0.25) is 0 Å². The van der Waals surface area contributed by atoms with Crippen LogP contribution in [-0.4, -0.2) is 50.1 Å². The minimum atomic E-state index is -0.206. The number of ether oxygens (including phenoxy) is 1. The lowest BCUT2D eigenvalue weighted by Crippen LogP contribution is -2.39. The van der Waals surface area contributed by atoms with Gasteiger partial charge in [-0.1, -0.05) is 0 Å². The van der Waals surface area contributed by atoms with Crippen LogP contribution in [0.4, 0.5) is 5.69 Å². The molecule has 0 atom stereocenters. The molecule has 6 heteroatoms. The Labute approximate surface area is 124 Å². The number of rotatable bonds is 3. The van der Waals surface area contributed by atoms with Crippen LogP contribution in [0.2, 0.25) is 0 Å². The van der Waals surface area contributed by atoms with Crippen molar-refractivity contribution >= 4 is 17.5 Å². The van der Waals surface area contributed by atoms with Crippen molar-refractivity contribution < 1.29 is 14.3 Å². The average molecular weight is 291 g/mol. The molecule has 1 heterocycles. The van der Waals surface area contributed by atoms with Crippen LogP contribution in [0, 0.1) is 0 Å². The number of nitrogens with zero attached hydrogens (tertiary/aromatic N) is 1. The maximum Gasteiger partial charge on any atom is 0.253 e. The van der Waals surface area contributed by atoms with E-state index in [1.54, 1.807) is 32.3 Å². The Kier molecular flexibility index (Phi) is 4.80. The smallest absolute Gasteiger partial charge is 0.253 e. The SMILES string of the molecule is CN(C)C(=O)c1cc(N)cc(C(=O)NC2CCOCC2)c1. The van der Waals surface area contributed by atoms with Crippen LogP contribution in [-0.2, 0) is 4.74 Å². The summed E-state index contributed by atoms with van der Waals surface area (Å²) in [6.45, 7) is 1.32. The fourth-order valence-corrected chi connectivity index (χ4v) is 2.28. The first kappa shape index (κ1) is 15.3. The summed E-state index contributed by atoms with van der Waals surface area (Å²) in [7, 11) is 3.32. The van der Waals surface area contributed by atoms with Gasteiger partial charge in [0.05, 0.1) is 0 Å². The number of hydrogen-bond donors (Lipinski definition) is 2. The fourth-order valence-electron chi connectivity index (χ4n) is 2.28. The number of anilines is 1. The van der Waals surface area contributed by atoms with Gasteiger partial charge in [-0.25, -0.2) is 0 Å². The Hall–Kier alpha value is -2.08. The summed E-state index contributed by atoms with van der Waals surface area (Å²) in [4.78, 5) is 25.7.